The summed E-state index contributed by atoms with van der Waals surface area (Å²) in [5, 5.41) is 0. The molecular weight excluding hydrogens is 306 g/mol. The van der Waals surface area contributed by atoms with Gasteiger partial charge in [-0.05, 0) is 43.9 Å². The summed E-state index contributed by atoms with van der Waals surface area (Å²) >= 11 is 3.40. The van der Waals surface area contributed by atoms with Crippen molar-refractivity contribution in [2.45, 2.75) is 26.2 Å². The number of rotatable bonds is 5. The van der Waals surface area contributed by atoms with Crippen LogP contribution in [-0.2, 0) is 0 Å². The second kappa shape index (κ2) is 6.42. The highest BCUT2D eigenvalue weighted by molar-refractivity contribution is 9.10. The molecular formula is C15H20BrNO2. The molecule has 0 atom stereocenters. The van der Waals surface area contributed by atoms with E-state index in [1.54, 1.807) is 7.11 Å². The Morgan fingerprint density at radius 1 is 1.47 bits per heavy atom. The van der Waals surface area contributed by atoms with Gasteiger partial charge >= 0.3 is 0 Å². The van der Waals surface area contributed by atoms with Crippen LogP contribution in [-0.4, -0.2) is 31.0 Å². The van der Waals surface area contributed by atoms with Gasteiger partial charge in [0, 0.05) is 17.6 Å². The summed E-state index contributed by atoms with van der Waals surface area (Å²) in [4.78, 5) is 14.5. The third kappa shape index (κ3) is 3.30. The summed E-state index contributed by atoms with van der Waals surface area (Å²) in [6.45, 7) is 3.64. The first-order valence-corrected chi connectivity index (χ1v) is 7.57. The van der Waals surface area contributed by atoms with Gasteiger partial charge in [-0.3, -0.25) is 4.79 Å². The smallest absolute Gasteiger partial charge is 0.257 e. The van der Waals surface area contributed by atoms with E-state index in [1.165, 1.54) is 19.3 Å². The number of amides is 1. The molecule has 1 fully saturated rings. The van der Waals surface area contributed by atoms with E-state index in [2.05, 4.69) is 15.9 Å². The maximum Gasteiger partial charge on any atom is 0.257 e. The molecule has 104 valence electrons. The number of nitrogens with zero attached hydrogens (tertiary/aromatic N) is 1. The van der Waals surface area contributed by atoms with Gasteiger partial charge in [0.25, 0.3) is 5.91 Å². The molecule has 3 nitrogen and oxygen atoms in total. The molecule has 1 aromatic rings. The van der Waals surface area contributed by atoms with E-state index in [0.717, 1.165) is 17.6 Å². The second-order valence-electron chi connectivity index (χ2n) is 4.99. The van der Waals surface area contributed by atoms with E-state index in [1.807, 2.05) is 30.0 Å². The Morgan fingerprint density at radius 3 is 2.74 bits per heavy atom. The number of halogens is 1. The number of methoxy groups -OCH3 is 1. The van der Waals surface area contributed by atoms with Gasteiger partial charge in [0.15, 0.2) is 0 Å². The summed E-state index contributed by atoms with van der Waals surface area (Å²) in [7, 11) is 1.60. The van der Waals surface area contributed by atoms with E-state index >= 15 is 0 Å². The van der Waals surface area contributed by atoms with Crippen molar-refractivity contribution in [3.8, 4) is 5.75 Å². The fourth-order valence-corrected chi connectivity index (χ4v) is 2.69. The molecule has 1 aliphatic rings. The van der Waals surface area contributed by atoms with Gasteiger partial charge in [0.05, 0.1) is 12.7 Å². The van der Waals surface area contributed by atoms with Crippen LogP contribution >= 0.6 is 15.9 Å². The molecule has 0 bridgehead atoms. The van der Waals surface area contributed by atoms with E-state index in [9.17, 15) is 4.79 Å². The monoisotopic (exact) mass is 325 g/mol. The summed E-state index contributed by atoms with van der Waals surface area (Å²) < 4.78 is 6.23. The Kier molecular flexibility index (Phi) is 4.86. The number of carbonyl (C=O) groups is 1. The van der Waals surface area contributed by atoms with E-state index in [0.29, 0.717) is 17.2 Å². The van der Waals surface area contributed by atoms with Crippen LogP contribution in [0.1, 0.15) is 36.5 Å². The van der Waals surface area contributed by atoms with Crippen molar-refractivity contribution in [1.29, 1.82) is 0 Å². The Morgan fingerprint density at radius 2 is 2.21 bits per heavy atom. The van der Waals surface area contributed by atoms with Crippen LogP contribution in [0.25, 0.3) is 0 Å². The van der Waals surface area contributed by atoms with Crippen molar-refractivity contribution in [3.63, 3.8) is 0 Å². The highest BCUT2D eigenvalue weighted by atomic mass is 79.9. The molecule has 0 N–H and O–H groups in total. The molecule has 4 heteroatoms. The van der Waals surface area contributed by atoms with E-state index in [4.69, 9.17) is 4.74 Å². The summed E-state index contributed by atoms with van der Waals surface area (Å²) in [5.74, 6) is 1.38. The summed E-state index contributed by atoms with van der Waals surface area (Å²) in [6.07, 6.45) is 3.81. The zero-order valence-electron chi connectivity index (χ0n) is 11.5. The van der Waals surface area contributed by atoms with Crippen molar-refractivity contribution in [3.05, 3.63) is 28.2 Å². The third-order valence-corrected chi connectivity index (χ3v) is 4.26. The zero-order chi connectivity index (χ0) is 13.8. The van der Waals surface area contributed by atoms with E-state index < -0.39 is 0 Å². The van der Waals surface area contributed by atoms with E-state index in [-0.39, 0.29) is 5.91 Å². The molecule has 0 heterocycles. The highest BCUT2D eigenvalue weighted by Crippen LogP contribution is 2.29. The SMILES string of the molecule is CCN(CC1CCC1)C(=O)c1ccc(Br)cc1OC. The lowest BCUT2D eigenvalue weighted by Gasteiger charge is -2.32. The molecule has 1 aromatic carbocycles. The van der Waals surface area contributed by atoms with Crippen molar-refractivity contribution in [1.82, 2.24) is 4.90 Å². The lowest BCUT2D eigenvalue weighted by Crippen LogP contribution is -2.37. The average molecular weight is 326 g/mol. The Bertz CT molecular complexity index is 457. The number of benzene rings is 1. The topological polar surface area (TPSA) is 29.5 Å². The predicted molar refractivity (Wildman–Crippen MR) is 79.6 cm³/mol. The van der Waals surface area contributed by atoms with Gasteiger partial charge in [-0.2, -0.15) is 0 Å². The van der Waals surface area contributed by atoms with Crippen LogP contribution in [0.2, 0.25) is 0 Å². The Labute approximate surface area is 123 Å². The van der Waals surface area contributed by atoms with Gasteiger partial charge < -0.3 is 9.64 Å². The second-order valence-corrected chi connectivity index (χ2v) is 5.90. The molecule has 19 heavy (non-hydrogen) atoms. The fourth-order valence-electron chi connectivity index (χ4n) is 2.35. The van der Waals surface area contributed by atoms with Gasteiger partial charge in [-0.25, -0.2) is 0 Å². The van der Waals surface area contributed by atoms with Gasteiger partial charge in [-0.15, -0.1) is 0 Å². The molecule has 0 aromatic heterocycles. The molecule has 0 aliphatic heterocycles. The zero-order valence-corrected chi connectivity index (χ0v) is 13.1. The first kappa shape index (κ1) is 14.4. The van der Waals surface area contributed by atoms with Crippen LogP contribution in [0.4, 0.5) is 0 Å². The third-order valence-electron chi connectivity index (χ3n) is 3.77. The lowest BCUT2D eigenvalue weighted by molar-refractivity contribution is 0.0703. The molecule has 1 amide bonds. The normalized spacial score (nSPS) is 14.9. The lowest BCUT2D eigenvalue weighted by atomic mass is 9.85. The van der Waals surface area contributed by atoms with Crippen LogP contribution in [0.5, 0.6) is 5.75 Å². The largest absolute Gasteiger partial charge is 0.496 e. The molecule has 0 saturated heterocycles. The minimum absolute atomic E-state index is 0.0683. The molecule has 1 saturated carbocycles. The average Bonchev–Trinajstić information content (AvgIpc) is 2.37. The Balaban J connectivity index is 2.16. The van der Waals surface area contributed by atoms with Crippen molar-refractivity contribution < 1.29 is 9.53 Å². The molecule has 0 radical (unpaired) electrons. The first-order chi connectivity index (χ1) is 9.15. The number of hydrogen-bond acceptors (Lipinski definition) is 2. The molecule has 0 spiro atoms. The van der Waals surface area contributed by atoms with Crippen LogP contribution in [0.15, 0.2) is 22.7 Å². The van der Waals surface area contributed by atoms with Crippen molar-refractivity contribution in [2.24, 2.45) is 5.92 Å². The quantitative estimate of drug-likeness (QED) is 0.825. The maximum absolute atomic E-state index is 12.6. The van der Waals surface area contributed by atoms with Gasteiger partial charge in [-0.1, -0.05) is 22.4 Å². The standard InChI is InChI=1S/C15H20BrNO2/c1-3-17(10-11-5-4-6-11)15(18)13-8-7-12(16)9-14(13)19-2/h7-9,11H,3-6,10H2,1-2H3. The van der Waals surface area contributed by atoms with Crippen molar-refractivity contribution >= 4 is 21.8 Å². The van der Waals surface area contributed by atoms with Gasteiger partial charge in [0.1, 0.15) is 5.75 Å². The number of ether oxygens (including phenoxy) is 1. The fraction of sp³-hybridized carbons (Fsp3) is 0.533. The minimum atomic E-state index is 0.0683. The molecule has 2 rings (SSSR count). The summed E-state index contributed by atoms with van der Waals surface area (Å²) in [5.41, 5.74) is 0.645. The highest BCUT2D eigenvalue weighted by Gasteiger charge is 2.24. The van der Waals surface area contributed by atoms with Crippen LogP contribution in [0.3, 0.4) is 0 Å². The van der Waals surface area contributed by atoms with Crippen LogP contribution in [0, 0.1) is 5.92 Å². The number of hydrogen-bond donors (Lipinski definition) is 0. The maximum atomic E-state index is 12.6. The van der Waals surface area contributed by atoms with Crippen LogP contribution < -0.4 is 4.74 Å². The van der Waals surface area contributed by atoms with Gasteiger partial charge in [0.2, 0.25) is 0 Å². The Hall–Kier alpha value is -1.03. The number of carbonyl (C=O) groups excluding carboxylic acids is 1. The molecule has 1 aliphatic carbocycles. The minimum Gasteiger partial charge on any atom is -0.496 e. The predicted octanol–water partition coefficient (Wildman–Crippen LogP) is 3.72. The summed E-state index contributed by atoms with van der Waals surface area (Å²) in [6, 6.07) is 5.55. The molecule has 0 unspecified atom stereocenters. The van der Waals surface area contributed by atoms with Crippen molar-refractivity contribution in [2.75, 3.05) is 20.2 Å². The first-order valence-electron chi connectivity index (χ1n) is 6.78.